The largest absolute Gasteiger partial charge is 0.494 e. The van der Waals surface area contributed by atoms with E-state index in [1.807, 2.05) is 24.3 Å². The lowest BCUT2D eigenvalue weighted by atomic mass is 9.87. The number of hydrogen-bond acceptors (Lipinski definition) is 6. The summed E-state index contributed by atoms with van der Waals surface area (Å²) in [4.78, 5) is 22.4. The van der Waals surface area contributed by atoms with Crippen LogP contribution in [0.5, 0.6) is 11.5 Å². The third-order valence-electron chi connectivity index (χ3n) is 4.43. The molecule has 8 nitrogen and oxygen atoms in total. The molecule has 0 heterocycles. The van der Waals surface area contributed by atoms with Crippen molar-refractivity contribution >= 4 is 34.6 Å². The van der Waals surface area contributed by atoms with Crippen LogP contribution in [0.2, 0.25) is 0 Å². The minimum atomic E-state index is -0.520. The molecule has 0 aliphatic carbocycles. The van der Waals surface area contributed by atoms with Gasteiger partial charge in [0.2, 0.25) is 5.91 Å². The normalized spacial score (nSPS) is 10.8. The molecule has 0 radical (unpaired) electrons. The third kappa shape index (κ3) is 7.53. The monoisotopic (exact) mass is 445 g/mol. The molecule has 0 saturated heterocycles. The highest BCUT2D eigenvalue weighted by atomic mass is 32.1. The summed E-state index contributed by atoms with van der Waals surface area (Å²) in [5.41, 5.74) is 1.62. The van der Waals surface area contributed by atoms with Gasteiger partial charge in [0.15, 0.2) is 5.11 Å². The number of non-ortho nitro benzene ring substituents is 1. The average Bonchev–Trinajstić information content (AvgIpc) is 2.71. The van der Waals surface area contributed by atoms with Gasteiger partial charge in [-0.15, -0.1) is 0 Å². The van der Waals surface area contributed by atoms with Gasteiger partial charge in [0.25, 0.3) is 5.69 Å². The lowest BCUT2D eigenvalue weighted by Crippen LogP contribution is -2.34. The summed E-state index contributed by atoms with van der Waals surface area (Å²) < 4.78 is 10.8. The number of nitro groups is 1. The molecule has 2 N–H and O–H groups in total. The SMILES string of the molecule is COc1cc([N+](=O)[O-])ccc1NC(=S)NC(=O)CCCOc1ccc(C(C)(C)C)cc1. The van der Waals surface area contributed by atoms with Crippen LogP contribution in [0, 0.1) is 10.1 Å². The minimum absolute atomic E-state index is 0.0795. The lowest BCUT2D eigenvalue weighted by molar-refractivity contribution is -0.384. The second kappa shape index (κ2) is 10.7. The topological polar surface area (TPSA) is 103 Å². The highest BCUT2D eigenvalue weighted by Gasteiger charge is 2.14. The van der Waals surface area contributed by atoms with Crippen molar-refractivity contribution in [1.82, 2.24) is 5.32 Å². The summed E-state index contributed by atoms with van der Waals surface area (Å²) in [7, 11) is 1.39. The summed E-state index contributed by atoms with van der Waals surface area (Å²) >= 11 is 5.14. The van der Waals surface area contributed by atoms with Crippen molar-refractivity contribution in [3.63, 3.8) is 0 Å². The highest BCUT2D eigenvalue weighted by molar-refractivity contribution is 7.80. The van der Waals surface area contributed by atoms with Crippen LogP contribution in [0.4, 0.5) is 11.4 Å². The van der Waals surface area contributed by atoms with E-state index in [1.54, 1.807) is 0 Å². The molecule has 0 unspecified atom stereocenters. The Kier molecular flexibility index (Phi) is 8.32. The number of hydrogen-bond donors (Lipinski definition) is 2. The highest BCUT2D eigenvalue weighted by Crippen LogP contribution is 2.29. The summed E-state index contributed by atoms with van der Waals surface area (Å²) in [5.74, 6) is 0.748. The minimum Gasteiger partial charge on any atom is -0.494 e. The Morgan fingerprint density at radius 1 is 1.16 bits per heavy atom. The molecule has 166 valence electrons. The van der Waals surface area contributed by atoms with Crippen LogP contribution in [-0.4, -0.2) is 29.7 Å². The molecule has 0 bridgehead atoms. The molecule has 0 aliphatic heterocycles. The van der Waals surface area contributed by atoms with Gasteiger partial charge in [-0.2, -0.15) is 0 Å². The van der Waals surface area contributed by atoms with Gasteiger partial charge < -0.3 is 20.1 Å². The van der Waals surface area contributed by atoms with E-state index in [-0.39, 0.29) is 34.3 Å². The zero-order valence-electron chi connectivity index (χ0n) is 18.1. The first-order chi connectivity index (χ1) is 14.6. The fourth-order valence-corrected chi connectivity index (χ4v) is 2.94. The predicted octanol–water partition coefficient (Wildman–Crippen LogP) is 4.57. The third-order valence-corrected chi connectivity index (χ3v) is 4.64. The number of carbonyl (C=O) groups excluding carboxylic acids is 1. The Balaban J connectivity index is 1.76. The second-order valence-corrected chi connectivity index (χ2v) is 8.28. The molecule has 2 rings (SSSR count). The molecule has 0 aliphatic rings. The Morgan fingerprint density at radius 3 is 2.42 bits per heavy atom. The van der Waals surface area contributed by atoms with Gasteiger partial charge in [-0.05, 0) is 47.8 Å². The summed E-state index contributed by atoms with van der Waals surface area (Å²) in [5, 5.41) is 16.3. The summed E-state index contributed by atoms with van der Waals surface area (Å²) in [6.07, 6.45) is 0.760. The number of ether oxygens (including phenoxy) is 2. The van der Waals surface area contributed by atoms with Gasteiger partial charge in [0.05, 0.1) is 30.4 Å². The van der Waals surface area contributed by atoms with E-state index in [4.69, 9.17) is 21.7 Å². The van der Waals surface area contributed by atoms with Gasteiger partial charge >= 0.3 is 0 Å². The van der Waals surface area contributed by atoms with Crippen molar-refractivity contribution in [2.24, 2.45) is 0 Å². The van der Waals surface area contributed by atoms with Gasteiger partial charge in [-0.3, -0.25) is 14.9 Å². The number of methoxy groups -OCH3 is 1. The van der Waals surface area contributed by atoms with E-state index >= 15 is 0 Å². The maximum absolute atomic E-state index is 12.1. The molecule has 9 heteroatoms. The molecule has 2 aromatic carbocycles. The van der Waals surface area contributed by atoms with Crippen LogP contribution in [0.1, 0.15) is 39.2 Å². The first kappa shape index (κ1) is 24.1. The van der Waals surface area contributed by atoms with E-state index < -0.39 is 4.92 Å². The van der Waals surface area contributed by atoms with Gasteiger partial charge in [0, 0.05) is 12.5 Å². The molecule has 0 spiro atoms. The fraction of sp³-hybridized carbons (Fsp3) is 0.364. The molecular weight excluding hydrogens is 418 g/mol. The van der Waals surface area contributed by atoms with Gasteiger partial charge in [-0.25, -0.2) is 0 Å². The van der Waals surface area contributed by atoms with Crippen molar-refractivity contribution < 1.29 is 19.2 Å². The van der Waals surface area contributed by atoms with Crippen molar-refractivity contribution in [3.8, 4) is 11.5 Å². The van der Waals surface area contributed by atoms with E-state index in [0.717, 1.165) is 5.75 Å². The second-order valence-electron chi connectivity index (χ2n) is 7.87. The fourth-order valence-electron chi connectivity index (χ4n) is 2.71. The van der Waals surface area contributed by atoms with Gasteiger partial charge in [0.1, 0.15) is 11.5 Å². The molecule has 0 atom stereocenters. The van der Waals surface area contributed by atoms with Crippen molar-refractivity contribution in [2.45, 2.75) is 39.0 Å². The molecule has 0 aromatic heterocycles. The first-order valence-electron chi connectivity index (χ1n) is 9.77. The zero-order valence-corrected chi connectivity index (χ0v) is 18.9. The smallest absolute Gasteiger partial charge is 0.273 e. The van der Waals surface area contributed by atoms with Crippen LogP contribution < -0.4 is 20.1 Å². The van der Waals surface area contributed by atoms with Crippen LogP contribution in [0.3, 0.4) is 0 Å². The van der Waals surface area contributed by atoms with Crippen LogP contribution in [-0.2, 0) is 10.2 Å². The number of amides is 1. The number of nitrogens with one attached hydrogen (secondary N) is 2. The Hall–Kier alpha value is -3.20. The standard InChI is InChI=1S/C22H27N3O5S/c1-22(2,3)15-7-10-17(11-8-15)30-13-5-6-20(26)24-21(31)23-18-12-9-16(25(27)28)14-19(18)29-4/h7-12,14H,5-6,13H2,1-4H3,(H2,23,24,26,31). The Labute approximate surface area is 187 Å². The van der Waals surface area contributed by atoms with Crippen molar-refractivity contribution in [3.05, 3.63) is 58.1 Å². The van der Waals surface area contributed by atoms with Crippen molar-refractivity contribution in [2.75, 3.05) is 19.0 Å². The first-order valence-corrected chi connectivity index (χ1v) is 10.2. The van der Waals surface area contributed by atoms with E-state index in [1.165, 1.54) is 30.9 Å². The molecule has 1 amide bonds. The van der Waals surface area contributed by atoms with E-state index in [0.29, 0.717) is 18.7 Å². The number of rotatable bonds is 8. The predicted molar refractivity (Wildman–Crippen MR) is 124 cm³/mol. The molecule has 31 heavy (non-hydrogen) atoms. The summed E-state index contributed by atoms with van der Waals surface area (Å²) in [6.45, 7) is 6.86. The molecule has 0 saturated carbocycles. The quantitative estimate of drug-likeness (QED) is 0.265. The number of anilines is 1. The molecule has 0 fully saturated rings. The maximum atomic E-state index is 12.1. The number of benzene rings is 2. The van der Waals surface area contributed by atoms with Crippen LogP contribution in [0.15, 0.2) is 42.5 Å². The average molecular weight is 446 g/mol. The van der Waals surface area contributed by atoms with Crippen LogP contribution in [0.25, 0.3) is 0 Å². The van der Waals surface area contributed by atoms with E-state index in [9.17, 15) is 14.9 Å². The van der Waals surface area contributed by atoms with E-state index in [2.05, 4.69) is 31.4 Å². The molecular formula is C22H27N3O5S. The van der Waals surface area contributed by atoms with Crippen molar-refractivity contribution in [1.29, 1.82) is 0 Å². The molecule has 2 aromatic rings. The van der Waals surface area contributed by atoms with Gasteiger partial charge in [-0.1, -0.05) is 32.9 Å². The number of nitrogens with zero attached hydrogens (tertiary/aromatic N) is 1. The summed E-state index contributed by atoms with van der Waals surface area (Å²) in [6, 6.07) is 12.0. The van der Waals surface area contributed by atoms with Crippen LogP contribution >= 0.6 is 12.2 Å². The number of carbonyl (C=O) groups is 1. The maximum Gasteiger partial charge on any atom is 0.273 e. The number of nitro benzene ring substituents is 1. The lowest BCUT2D eigenvalue weighted by Gasteiger charge is -2.19. The Bertz CT molecular complexity index is 939. The number of thiocarbonyl (C=S) groups is 1. The Morgan fingerprint density at radius 2 is 1.84 bits per heavy atom. The zero-order chi connectivity index (χ0) is 23.0.